The number of rotatable bonds is 5. The molecule has 2 heterocycles. The molecule has 27 heavy (non-hydrogen) atoms. The molecule has 2 aromatic carbocycles. The Bertz CT molecular complexity index is 1120. The number of aromatic nitrogens is 1. The molecule has 1 N–H and O–H groups in total. The van der Waals surface area contributed by atoms with E-state index in [1.54, 1.807) is 30.5 Å². The van der Waals surface area contributed by atoms with E-state index in [4.69, 9.17) is 4.42 Å². The Hall–Kier alpha value is -2.77. The topological polar surface area (TPSA) is 72.2 Å². The highest BCUT2D eigenvalue weighted by atomic mass is 32.2. The zero-order valence-electron chi connectivity index (χ0n) is 14.4. The molecular weight excluding hydrogens is 380 g/mol. The molecule has 4 aromatic rings. The molecule has 0 amide bonds. The second kappa shape index (κ2) is 7.46. The highest BCUT2D eigenvalue weighted by molar-refractivity contribution is 7.87. The Morgan fingerprint density at radius 1 is 0.963 bits per heavy atom. The summed E-state index contributed by atoms with van der Waals surface area (Å²) in [4.78, 5) is 4.95. The number of fused-ring (bicyclic) bond motifs is 1. The van der Waals surface area contributed by atoms with Crippen molar-refractivity contribution in [3.05, 3.63) is 78.5 Å². The predicted octanol–water partition coefficient (Wildman–Crippen LogP) is 4.44. The Morgan fingerprint density at radius 2 is 1.70 bits per heavy atom. The lowest BCUT2D eigenvalue weighted by Crippen LogP contribution is -2.09. The molecule has 0 aliphatic rings. The van der Waals surface area contributed by atoms with Gasteiger partial charge >= 0.3 is 0 Å². The molecule has 0 saturated heterocycles. The van der Waals surface area contributed by atoms with E-state index < -0.39 is 21.8 Å². The fraction of sp³-hybridized carbons (Fsp3) is 0.0500. The number of pyridine rings is 1. The van der Waals surface area contributed by atoms with Gasteiger partial charge in [0.15, 0.2) is 16.0 Å². The van der Waals surface area contributed by atoms with E-state index in [1.165, 1.54) is 0 Å². The summed E-state index contributed by atoms with van der Waals surface area (Å²) in [6, 6.07) is 20.0. The lowest BCUT2D eigenvalue weighted by Gasteiger charge is -2.10. The van der Waals surface area contributed by atoms with Crippen LogP contribution in [0.15, 0.2) is 92.4 Å². The third kappa shape index (κ3) is 3.70. The standard InChI is InChI=1S/C20H16N2O3S2/c1-14-11-17(20(21-13-14)26(23)16-8-3-2-4-9-16)22-27(24)19-12-15-7-5-6-10-18(15)25-19/h2-13,22H,1H3. The summed E-state index contributed by atoms with van der Waals surface area (Å²) in [6.07, 6.45) is 1.64. The van der Waals surface area contributed by atoms with E-state index in [0.29, 0.717) is 26.3 Å². The van der Waals surface area contributed by atoms with Crippen molar-refractivity contribution in [1.29, 1.82) is 0 Å². The minimum absolute atomic E-state index is 0.300. The van der Waals surface area contributed by atoms with Crippen LogP contribution in [0.25, 0.3) is 11.0 Å². The van der Waals surface area contributed by atoms with Crippen LogP contribution in [0.5, 0.6) is 0 Å². The highest BCUT2D eigenvalue weighted by Gasteiger charge is 2.18. The number of aryl methyl sites for hydroxylation is 1. The summed E-state index contributed by atoms with van der Waals surface area (Å²) < 4.78 is 34.3. The van der Waals surface area contributed by atoms with E-state index >= 15 is 0 Å². The van der Waals surface area contributed by atoms with Gasteiger partial charge in [-0.1, -0.05) is 36.4 Å². The Labute approximate surface area is 161 Å². The number of hydrogen-bond donors (Lipinski definition) is 1. The van der Waals surface area contributed by atoms with Crippen molar-refractivity contribution in [1.82, 2.24) is 4.98 Å². The average molecular weight is 396 g/mol. The molecule has 4 rings (SSSR count). The summed E-state index contributed by atoms with van der Waals surface area (Å²) in [5, 5.41) is 1.50. The number of hydrogen-bond acceptors (Lipinski definition) is 4. The predicted molar refractivity (Wildman–Crippen MR) is 106 cm³/mol. The maximum Gasteiger partial charge on any atom is 0.212 e. The van der Waals surface area contributed by atoms with Crippen LogP contribution in [0.2, 0.25) is 0 Å². The number of benzene rings is 2. The molecular formula is C20H16N2O3S2. The first-order chi connectivity index (χ1) is 13.1. The minimum Gasteiger partial charge on any atom is -0.445 e. The van der Waals surface area contributed by atoms with Crippen molar-refractivity contribution < 1.29 is 12.8 Å². The van der Waals surface area contributed by atoms with Crippen LogP contribution in [-0.4, -0.2) is 13.4 Å². The fourth-order valence-corrected chi connectivity index (χ4v) is 4.64. The van der Waals surface area contributed by atoms with Crippen molar-refractivity contribution in [2.24, 2.45) is 0 Å². The van der Waals surface area contributed by atoms with Gasteiger partial charge in [-0.15, -0.1) is 0 Å². The summed E-state index contributed by atoms with van der Waals surface area (Å²) >= 11 is 0. The van der Waals surface area contributed by atoms with Gasteiger partial charge in [0, 0.05) is 22.5 Å². The quantitative estimate of drug-likeness (QED) is 0.541. The monoisotopic (exact) mass is 396 g/mol. The third-order valence-corrected chi connectivity index (χ3v) is 6.26. The van der Waals surface area contributed by atoms with Gasteiger partial charge in [0.1, 0.15) is 16.4 Å². The van der Waals surface area contributed by atoms with Crippen LogP contribution in [0.1, 0.15) is 5.56 Å². The maximum absolute atomic E-state index is 12.9. The van der Waals surface area contributed by atoms with Crippen molar-refractivity contribution >= 4 is 38.4 Å². The Morgan fingerprint density at radius 3 is 2.48 bits per heavy atom. The van der Waals surface area contributed by atoms with Crippen LogP contribution in [-0.2, 0) is 21.8 Å². The smallest absolute Gasteiger partial charge is 0.212 e. The molecule has 0 spiro atoms. The Kier molecular flexibility index (Phi) is 4.87. The third-order valence-electron chi connectivity index (χ3n) is 3.91. The van der Waals surface area contributed by atoms with Gasteiger partial charge in [-0.2, -0.15) is 0 Å². The molecule has 2 aromatic heterocycles. The van der Waals surface area contributed by atoms with Gasteiger partial charge in [-0.25, -0.2) is 13.4 Å². The fourth-order valence-electron chi connectivity index (χ4n) is 2.63. The lowest BCUT2D eigenvalue weighted by atomic mass is 10.3. The van der Waals surface area contributed by atoms with Crippen LogP contribution >= 0.6 is 0 Å². The van der Waals surface area contributed by atoms with E-state index in [0.717, 1.165) is 10.9 Å². The molecule has 0 fully saturated rings. The van der Waals surface area contributed by atoms with Gasteiger partial charge in [0.05, 0.1) is 5.69 Å². The Balaban J connectivity index is 1.68. The number of nitrogens with one attached hydrogen (secondary N) is 1. The highest BCUT2D eigenvalue weighted by Crippen LogP contribution is 2.26. The average Bonchev–Trinajstić information content (AvgIpc) is 3.13. The molecule has 5 nitrogen and oxygen atoms in total. The van der Waals surface area contributed by atoms with Crippen molar-refractivity contribution in [3.63, 3.8) is 0 Å². The molecule has 0 bridgehead atoms. The van der Waals surface area contributed by atoms with Crippen molar-refractivity contribution in [2.45, 2.75) is 21.9 Å². The zero-order chi connectivity index (χ0) is 18.8. The van der Waals surface area contributed by atoms with E-state index in [-0.39, 0.29) is 0 Å². The summed E-state index contributed by atoms with van der Waals surface area (Å²) in [5.41, 5.74) is 1.99. The number of anilines is 1. The number of para-hydroxylation sites is 1. The molecule has 0 saturated carbocycles. The summed E-state index contributed by atoms with van der Waals surface area (Å²) in [5.74, 6) is 0. The van der Waals surface area contributed by atoms with E-state index in [1.807, 2.05) is 49.4 Å². The second-order valence-corrected chi connectivity index (χ2v) is 8.46. The first-order valence-electron chi connectivity index (χ1n) is 8.22. The van der Waals surface area contributed by atoms with E-state index in [2.05, 4.69) is 9.71 Å². The van der Waals surface area contributed by atoms with Crippen molar-refractivity contribution in [3.8, 4) is 0 Å². The van der Waals surface area contributed by atoms with Gasteiger partial charge in [-0.05, 0) is 36.8 Å². The van der Waals surface area contributed by atoms with Crippen molar-refractivity contribution in [2.75, 3.05) is 4.72 Å². The largest absolute Gasteiger partial charge is 0.445 e. The van der Waals surface area contributed by atoms with Gasteiger partial charge in [0.2, 0.25) is 5.09 Å². The molecule has 2 atom stereocenters. The second-order valence-electron chi connectivity index (χ2n) is 5.92. The van der Waals surface area contributed by atoms with Crippen LogP contribution in [0.3, 0.4) is 0 Å². The normalized spacial score (nSPS) is 13.4. The minimum atomic E-state index is -1.65. The number of nitrogens with zero attached hydrogens (tertiary/aromatic N) is 1. The van der Waals surface area contributed by atoms with Crippen LogP contribution < -0.4 is 4.72 Å². The van der Waals surface area contributed by atoms with Crippen LogP contribution in [0, 0.1) is 6.92 Å². The van der Waals surface area contributed by atoms with E-state index in [9.17, 15) is 8.42 Å². The molecule has 0 aliphatic carbocycles. The van der Waals surface area contributed by atoms with Gasteiger partial charge in [0.25, 0.3) is 0 Å². The lowest BCUT2D eigenvalue weighted by molar-refractivity contribution is 0.504. The SMILES string of the molecule is Cc1cnc(S(=O)c2ccccc2)c(NS(=O)c2cc3ccccc3o2)c1. The van der Waals surface area contributed by atoms with Gasteiger partial charge < -0.3 is 4.42 Å². The van der Waals surface area contributed by atoms with Gasteiger partial charge in [-0.3, -0.25) is 4.72 Å². The maximum atomic E-state index is 12.9. The molecule has 136 valence electrons. The first-order valence-corrected chi connectivity index (χ1v) is 10.5. The molecule has 2 unspecified atom stereocenters. The molecule has 7 heteroatoms. The van der Waals surface area contributed by atoms with Crippen LogP contribution in [0.4, 0.5) is 5.69 Å². The molecule has 0 radical (unpaired) electrons. The summed E-state index contributed by atoms with van der Waals surface area (Å²) in [6.45, 7) is 1.87. The first kappa shape index (κ1) is 17.6. The number of furan rings is 1. The molecule has 0 aliphatic heterocycles. The summed E-state index contributed by atoms with van der Waals surface area (Å²) in [7, 11) is -3.14. The zero-order valence-corrected chi connectivity index (χ0v) is 16.0.